The third-order valence-corrected chi connectivity index (χ3v) is 3.20. The number of nitrogens with zero attached hydrogens (tertiary/aromatic N) is 3. The van der Waals surface area contributed by atoms with Gasteiger partial charge in [-0.1, -0.05) is 13.3 Å². The molecule has 0 aliphatic heterocycles. The maximum Gasteiger partial charge on any atom is 0.244 e. The Morgan fingerprint density at radius 2 is 2.00 bits per heavy atom. The molecule has 0 saturated heterocycles. The van der Waals surface area contributed by atoms with Gasteiger partial charge < -0.3 is 16.4 Å². The Bertz CT molecular complexity index is 495. The van der Waals surface area contributed by atoms with E-state index in [1.54, 1.807) is 11.6 Å². The van der Waals surface area contributed by atoms with E-state index in [0.717, 1.165) is 18.5 Å². The minimum atomic E-state index is -0.512. The van der Waals surface area contributed by atoms with Crippen LogP contribution < -0.4 is 11.5 Å². The Kier molecular flexibility index (Phi) is 5.54. The van der Waals surface area contributed by atoms with Gasteiger partial charge in [0.2, 0.25) is 11.8 Å². The van der Waals surface area contributed by atoms with Crippen molar-refractivity contribution < 1.29 is 9.59 Å². The molecule has 4 N–H and O–H groups in total. The average Bonchev–Trinajstić information content (AvgIpc) is 2.61. The van der Waals surface area contributed by atoms with Crippen molar-refractivity contribution in [3.05, 3.63) is 11.4 Å². The molecule has 1 rings (SSSR count). The van der Waals surface area contributed by atoms with E-state index in [0.29, 0.717) is 17.9 Å². The molecule has 0 atom stereocenters. The van der Waals surface area contributed by atoms with Crippen LogP contribution in [0.25, 0.3) is 0 Å². The molecule has 0 spiro atoms. The quantitative estimate of drug-likeness (QED) is 0.744. The monoisotopic (exact) mass is 281 g/mol. The lowest BCUT2D eigenvalue weighted by atomic mass is 10.3. The van der Waals surface area contributed by atoms with Crippen LogP contribution >= 0.6 is 0 Å². The molecule has 0 fully saturated rings. The highest BCUT2D eigenvalue weighted by molar-refractivity contribution is 5.83. The second-order valence-corrected chi connectivity index (χ2v) is 4.88. The van der Waals surface area contributed by atoms with Gasteiger partial charge in [-0.2, -0.15) is 5.10 Å². The van der Waals surface area contributed by atoms with Gasteiger partial charge in [0.05, 0.1) is 23.6 Å². The highest BCUT2D eigenvalue weighted by Gasteiger charge is 2.18. The third-order valence-electron chi connectivity index (χ3n) is 3.20. The molecule has 112 valence electrons. The summed E-state index contributed by atoms with van der Waals surface area (Å²) >= 11 is 0. The Morgan fingerprint density at radius 3 is 2.45 bits per heavy atom. The molecule has 0 unspecified atom stereocenters. The molecule has 1 aromatic heterocycles. The number of nitrogen functional groups attached to an aromatic ring is 1. The molecule has 0 radical (unpaired) electrons. The van der Waals surface area contributed by atoms with Gasteiger partial charge in [-0.05, 0) is 20.3 Å². The third kappa shape index (κ3) is 3.97. The van der Waals surface area contributed by atoms with Crippen LogP contribution in [0.1, 0.15) is 31.2 Å². The second kappa shape index (κ2) is 6.93. The predicted octanol–water partition coefficient (Wildman–Crippen LogP) is 0.196. The van der Waals surface area contributed by atoms with Crippen LogP contribution in [0.5, 0.6) is 0 Å². The van der Waals surface area contributed by atoms with Crippen molar-refractivity contribution in [2.45, 2.75) is 40.2 Å². The second-order valence-electron chi connectivity index (χ2n) is 4.88. The Morgan fingerprint density at radius 1 is 1.35 bits per heavy atom. The number of primary amides is 1. The highest BCUT2D eigenvalue weighted by atomic mass is 16.2. The smallest absolute Gasteiger partial charge is 0.244 e. The van der Waals surface area contributed by atoms with Crippen LogP contribution in [-0.4, -0.2) is 39.6 Å². The van der Waals surface area contributed by atoms with Gasteiger partial charge in [0.1, 0.15) is 6.54 Å². The van der Waals surface area contributed by atoms with E-state index in [9.17, 15) is 9.59 Å². The first-order valence-corrected chi connectivity index (χ1v) is 6.72. The number of hydrogen-bond acceptors (Lipinski definition) is 4. The molecule has 2 amide bonds. The van der Waals surface area contributed by atoms with Gasteiger partial charge in [-0.3, -0.25) is 14.3 Å². The zero-order valence-electron chi connectivity index (χ0n) is 12.3. The largest absolute Gasteiger partial charge is 0.396 e. The fraction of sp³-hybridized carbons (Fsp3) is 0.615. The number of unbranched alkanes of at least 4 members (excludes halogenated alkanes) is 1. The molecule has 0 aliphatic rings. The lowest BCUT2D eigenvalue weighted by molar-refractivity contribution is -0.136. The summed E-state index contributed by atoms with van der Waals surface area (Å²) in [5.74, 6) is -0.690. The summed E-state index contributed by atoms with van der Waals surface area (Å²) in [6.07, 6.45) is 1.77. The molecule has 0 aromatic carbocycles. The fourth-order valence-electron chi connectivity index (χ4n) is 1.92. The number of anilines is 1. The zero-order valence-corrected chi connectivity index (χ0v) is 12.3. The first-order chi connectivity index (χ1) is 9.36. The average molecular weight is 281 g/mol. The highest BCUT2D eigenvalue weighted by Crippen LogP contribution is 2.14. The Hall–Kier alpha value is -2.05. The molecule has 1 heterocycles. The van der Waals surface area contributed by atoms with Crippen LogP contribution in [0.3, 0.4) is 0 Å². The van der Waals surface area contributed by atoms with E-state index in [2.05, 4.69) is 5.10 Å². The van der Waals surface area contributed by atoms with Crippen LogP contribution in [0.15, 0.2) is 0 Å². The molecule has 20 heavy (non-hydrogen) atoms. The molecule has 0 aliphatic carbocycles. The van der Waals surface area contributed by atoms with E-state index in [-0.39, 0.29) is 19.0 Å². The fourth-order valence-corrected chi connectivity index (χ4v) is 1.92. The van der Waals surface area contributed by atoms with Crippen molar-refractivity contribution in [2.24, 2.45) is 5.73 Å². The number of hydrogen-bond donors (Lipinski definition) is 2. The topological polar surface area (TPSA) is 107 Å². The van der Waals surface area contributed by atoms with Crippen molar-refractivity contribution >= 4 is 17.5 Å². The van der Waals surface area contributed by atoms with Gasteiger partial charge in [-0.25, -0.2) is 0 Å². The van der Waals surface area contributed by atoms with Crippen LogP contribution in [0.4, 0.5) is 5.69 Å². The first kappa shape index (κ1) is 16.0. The van der Waals surface area contributed by atoms with Crippen molar-refractivity contribution in [2.75, 3.05) is 18.8 Å². The maximum atomic E-state index is 12.2. The normalized spacial score (nSPS) is 10.6. The van der Waals surface area contributed by atoms with Gasteiger partial charge >= 0.3 is 0 Å². The molecular weight excluding hydrogens is 258 g/mol. The molecule has 7 heteroatoms. The number of carbonyl (C=O) groups excluding carboxylic acids is 2. The minimum absolute atomic E-state index is 0.0619. The van der Waals surface area contributed by atoms with Crippen LogP contribution in [-0.2, 0) is 16.1 Å². The van der Waals surface area contributed by atoms with Gasteiger partial charge in [0.15, 0.2) is 0 Å². The van der Waals surface area contributed by atoms with Crippen LogP contribution in [0.2, 0.25) is 0 Å². The van der Waals surface area contributed by atoms with E-state index in [1.165, 1.54) is 4.90 Å². The van der Waals surface area contributed by atoms with E-state index >= 15 is 0 Å². The molecular formula is C13H23N5O2. The first-order valence-electron chi connectivity index (χ1n) is 6.72. The van der Waals surface area contributed by atoms with Crippen molar-refractivity contribution in [3.63, 3.8) is 0 Å². The van der Waals surface area contributed by atoms with Crippen molar-refractivity contribution in [3.8, 4) is 0 Å². The number of nitrogens with two attached hydrogens (primary N) is 2. The van der Waals surface area contributed by atoms with E-state index < -0.39 is 5.91 Å². The number of rotatable bonds is 7. The van der Waals surface area contributed by atoms with E-state index in [4.69, 9.17) is 11.5 Å². The Labute approximate surface area is 118 Å². The van der Waals surface area contributed by atoms with Gasteiger partial charge in [0.25, 0.3) is 0 Å². The van der Waals surface area contributed by atoms with Crippen molar-refractivity contribution in [1.82, 2.24) is 14.7 Å². The standard InChI is InChI=1S/C13H23N5O2/c1-4-5-6-17(7-11(14)19)12(20)8-18-10(3)13(15)9(2)16-18/h4-8,15H2,1-3H3,(H2,14,19). The zero-order chi connectivity index (χ0) is 15.3. The van der Waals surface area contributed by atoms with Crippen LogP contribution in [0, 0.1) is 13.8 Å². The van der Waals surface area contributed by atoms with Gasteiger partial charge in [0, 0.05) is 6.54 Å². The summed E-state index contributed by atoms with van der Waals surface area (Å²) in [5.41, 5.74) is 13.1. The Balaban J connectivity index is 2.78. The molecule has 7 nitrogen and oxygen atoms in total. The number of carbonyl (C=O) groups is 2. The lowest BCUT2D eigenvalue weighted by Crippen LogP contribution is -2.41. The SMILES string of the molecule is CCCCN(CC(N)=O)C(=O)Cn1nc(C)c(N)c1C. The summed E-state index contributed by atoms with van der Waals surface area (Å²) in [5, 5.41) is 4.22. The maximum absolute atomic E-state index is 12.2. The van der Waals surface area contributed by atoms with Crippen molar-refractivity contribution in [1.29, 1.82) is 0 Å². The summed E-state index contributed by atoms with van der Waals surface area (Å²) in [6.45, 7) is 6.16. The molecule has 0 saturated carbocycles. The predicted molar refractivity (Wildman–Crippen MR) is 76.8 cm³/mol. The lowest BCUT2D eigenvalue weighted by Gasteiger charge is -2.21. The molecule has 1 aromatic rings. The summed E-state index contributed by atoms with van der Waals surface area (Å²) < 4.78 is 1.56. The number of aromatic nitrogens is 2. The number of aryl methyl sites for hydroxylation is 1. The van der Waals surface area contributed by atoms with Gasteiger partial charge in [-0.15, -0.1) is 0 Å². The summed E-state index contributed by atoms with van der Waals surface area (Å²) in [4.78, 5) is 24.8. The summed E-state index contributed by atoms with van der Waals surface area (Å²) in [6, 6.07) is 0. The number of amides is 2. The summed E-state index contributed by atoms with van der Waals surface area (Å²) in [7, 11) is 0. The minimum Gasteiger partial charge on any atom is -0.396 e. The molecule has 0 bridgehead atoms. The van der Waals surface area contributed by atoms with E-state index in [1.807, 2.05) is 13.8 Å².